The number of H-pyrrole nitrogens is 1. The predicted molar refractivity (Wildman–Crippen MR) is 117 cm³/mol. The van der Waals surface area contributed by atoms with E-state index in [0.717, 1.165) is 10.9 Å². The molecule has 3 aliphatic rings. The van der Waals surface area contributed by atoms with E-state index in [1.165, 1.54) is 9.80 Å². The topological polar surface area (TPSA) is 104 Å². The number of nitrogens with one attached hydrogen (secondary N) is 1. The minimum absolute atomic E-state index is 0.129. The number of para-hydroxylation sites is 1. The zero-order chi connectivity index (χ0) is 22.7. The van der Waals surface area contributed by atoms with Gasteiger partial charge in [-0.1, -0.05) is 18.2 Å². The van der Waals surface area contributed by atoms with Crippen molar-refractivity contribution in [2.24, 2.45) is 0 Å². The molecule has 1 fully saturated rings. The number of fused-ring (bicyclic) bond motifs is 3. The van der Waals surface area contributed by atoms with Crippen LogP contribution in [0.4, 0.5) is 0 Å². The molecule has 0 bridgehead atoms. The highest BCUT2D eigenvalue weighted by atomic mass is 16.7. The Bertz CT molecular complexity index is 1330. The number of hydrogen-bond donors (Lipinski definition) is 2. The molecule has 168 valence electrons. The number of rotatable bonds is 4. The van der Waals surface area contributed by atoms with E-state index >= 15 is 0 Å². The number of ether oxygens (including phenoxy) is 3. The Labute approximate surface area is 188 Å². The number of aromatic nitrogens is 1. The third-order valence-corrected chi connectivity index (χ3v) is 6.27. The Hall–Kier alpha value is -3.98. The van der Waals surface area contributed by atoms with Gasteiger partial charge in [0, 0.05) is 28.2 Å². The molecule has 3 aliphatic heterocycles. The molecule has 2 atom stereocenters. The normalized spacial score (nSPS) is 20.5. The second kappa shape index (κ2) is 7.28. The number of aromatic amines is 1. The lowest BCUT2D eigenvalue weighted by molar-refractivity contribution is -0.151. The summed E-state index contributed by atoms with van der Waals surface area (Å²) in [5, 5.41) is 10.5. The maximum absolute atomic E-state index is 13.6. The van der Waals surface area contributed by atoms with Crippen molar-refractivity contribution in [3.63, 3.8) is 0 Å². The minimum atomic E-state index is -0.832. The maximum Gasteiger partial charge on any atom is 0.275 e. The van der Waals surface area contributed by atoms with Gasteiger partial charge in [0.15, 0.2) is 23.0 Å². The van der Waals surface area contributed by atoms with Crippen molar-refractivity contribution < 1.29 is 28.9 Å². The van der Waals surface area contributed by atoms with Crippen molar-refractivity contribution in [1.82, 2.24) is 14.8 Å². The van der Waals surface area contributed by atoms with Crippen LogP contribution in [0.25, 0.3) is 16.7 Å². The molecule has 0 unspecified atom stereocenters. The van der Waals surface area contributed by atoms with Gasteiger partial charge in [0.05, 0.1) is 12.6 Å². The number of piperazine rings is 1. The van der Waals surface area contributed by atoms with Crippen LogP contribution in [-0.2, 0) is 14.3 Å². The summed E-state index contributed by atoms with van der Waals surface area (Å²) in [6.07, 6.45) is 0.945. The van der Waals surface area contributed by atoms with Gasteiger partial charge in [0.1, 0.15) is 6.54 Å². The fourth-order valence-corrected chi connectivity index (χ4v) is 4.52. The largest absolute Gasteiger partial charge is 0.463 e. The van der Waals surface area contributed by atoms with Gasteiger partial charge in [-0.25, -0.2) is 0 Å². The molecule has 6 rings (SSSR count). The lowest BCUT2D eigenvalue weighted by Gasteiger charge is -2.37. The highest BCUT2D eigenvalue weighted by Crippen LogP contribution is 2.46. The number of carbonyl (C=O) groups is 2. The van der Waals surface area contributed by atoms with Crippen molar-refractivity contribution in [2.45, 2.75) is 19.2 Å². The minimum Gasteiger partial charge on any atom is -0.463 e. The average molecular weight is 447 g/mol. The van der Waals surface area contributed by atoms with Gasteiger partial charge in [-0.15, -0.1) is 0 Å². The molecule has 2 N–H and O–H groups in total. The fourth-order valence-electron chi connectivity index (χ4n) is 4.52. The third-order valence-electron chi connectivity index (χ3n) is 6.27. The molecule has 0 saturated carbocycles. The summed E-state index contributed by atoms with van der Waals surface area (Å²) >= 11 is 0. The van der Waals surface area contributed by atoms with Gasteiger partial charge in [-0.3, -0.25) is 14.5 Å². The Morgan fingerprint density at radius 3 is 2.82 bits per heavy atom. The van der Waals surface area contributed by atoms with Crippen molar-refractivity contribution >= 4 is 28.5 Å². The molecule has 2 amide bonds. The van der Waals surface area contributed by atoms with E-state index in [2.05, 4.69) is 4.98 Å². The number of aliphatic hydroxyl groups excluding tert-OH is 1. The predicted octanol–water partition coefficient (Wildman–Crippen LogP) is 2.35. The Balaban J connectivity index is 1.51. The third kappa shape index (κ3) is 2.89. The van der Waals surface area contributed by atoms with Crippen LogP contribution in [0.15, 0.2) is 54.4 Å². The smallest absolute Gasteiger partial charge is 0.275 e. The van der Waals surface area contributed by atoms with Crippen LogP contribution in [0.3, 0.4) is 0 Å². The number of aliphatic hydroxyl groups is 1. The molecule has 0 radical (unpaired) electrons. The molecular weight excluding hydrogens is 426 g/mol. The van der Waals surface area contributed by atoms with Gasteiger partial charge in [-0.05, 0) is 31.2 Å². The molecule has 3 aromatic rings. The van der Waals surface area contributed by atoms with E-state index in [1.807, 2.05) is 24.3 Å². The van der Waals surface area contributed by atoms with E-state index in [0.29, 0.717) is 28.4 Å². The lowest BCUT2D eigenvalue weighted by Crippen LogP contribution is -2.55. The van der Waals surface area contributed by atoms with Crippen molar-refractivity contribution in [2.75, 3.05) is 19.9 Å². The molecule has 33 heavy (non-hydrogen) atoms. The number of benzene rings is 2. The number of hydrogen-bond acceptors (Lipinski definition) is 6. The van der Waals surface area contributed by atoms with Crippen molar-refractivity contribution in [1.29, 1.82) is 0 Å². The summed E-state index contributed by atoms with van der Waals surface area (Å²) in [6.45, 7) is 1.44. The van der Waals surface area contributed by atoms with Crippen LogP contribution >= 0.6 is 0 Å². The van der Waals surface area contributed by atoms with E-state index in [4.69, 9.17) is 14.2 Å². The van der Waals surface area contributed by atoms with E-state index < -0.39 is 12.3 Å². The van der Waals surface area contributed by atoms with E-state index in [9.17, 15) is 14.7 Å². The SMILES string of the molecule is C[C@H](CO)N1CC(=O)N2C(=C(c3c[nH]c4ccccc34)O[C@@H]2c2ccc3c(c2)OCO3)C1=O. The van der Waals surface area contributed by atoms with Crippen LogP contribution in [0.1, 0.15) is 24.3 Å². The molecule has 9 heteroatoms. The van der Waals surface area contributed by atoms with Gasteiger partial charge >= 0.3 is 0 Å². The molecule has 9 nitrogen and oxygen atoms in total. The van der Waals surface area contributed by atoms with Gasteiger partial charge in [0.25, 0.3) is 5.91 Å². The van der Waals surface area contributed by atoms with Crippen LogP contribution in [0.5, 0.6) is 11.5 Å². The number of nitrogens with zero attached hydrogens (tertiary/aromatic N) is 2. The van der Waals surface area contributed by atoms with Crippen LogP contribution in [0.2, 0.25) is 0 Å². The maximum atomic E-state index is 13.6. The first-order chi connectivity index (χ1) is 16.1. The first-order valence-corrected chi connectivity index (χ1v) is 10.7. The first kappa shape index (κ1) is 19.7. The Morgan fingerprint density at radius 2 is 1.97 bits per heavy atom. The molecule has 2 aromatic carbocycles. The van der Waals surface area contributed by atoms with E-state index in [1.54, 1.807) is 31.3 Å². The van der Waals surface area contributed by atoms with Gasteiger partial charge < -0.3 is 29.2 Å². The zero-order valence-electron chi connectivity index (χ0n) is 17.8. The van der Waals surface area contributed by atoms with Crippen molar-refractivity contribution in [3.8, 4) is 11.5 Å². The van der Waals surface area contributed by atoms with Gasteiger partial charge in [-0.2, -0.15) is 0 Å². The quantitative estimate of drug-likeness (QED) is 0.636. The van der Waals surface area contributed by atoms with Gasteiger partial charge in [0.2, 0.25) is 18.9 Å². The fraction of sp³-hybridized carbons (Fsp3) is 0.250. The molecule has 0 aliphatic carbocycles. The second-order valence-corrected chi connectivity index (χ2v) is 8.24. The summed E-state index contributed by atoms with van der Waals surface area (Å²) < 4.78 is 17.3. The summed E-state index contributed by atoms with van der Waals surface area (Å²) in [5.41, 5.74) is 2.40. The Kier molecular flexibility index (Phi) is 4.34. The van der Waals surface area contributed by atoms with Crippen LogP contribution in [0, 0.1) is 0 Å². The first-order valence-electron chi connectivity index (χ1n) is 10.7. The highest BCUT2D eigenvalue weighted by molar-refractivity contribution is 6.10. The molecular formula is C24H21N3O6. The monoisotopic (exact) mass is 447 g/mol. The lowest BCUT2D eigenvalue weighted by atomic mass is 10.1. The van der Waals surface area contributed by atoms with E-state index in [-0.39, 0.29) is 37.5 Å². The summed E-state index contributed by atoms with van der Waals surface area (Å²) in [6, 6.07) is 12.5. The highest BCUT2D eigenvalue weighted by Gasteiger charge is 2.49. The second-order valence-electron chi connectivity index (χ2n) is 8.24. The Morgan fingerprint density at radius 1 is 1.15 bits per heavy atom. The zero-order valence-corrected chi connectivity index (χ0v) is 17.8. The van der Waals surface area contributed by atoms with Crippen LogP contribution < -0.4 is 9.47 Å². The molecule has 1 saturated heterocycles. The summed E-state index contributed by atoms with van der Waals surface area (Å²) in [7, 11) is 0. The molecule has 4 heterocycles. The van der Waals surface area contributed by atoms with Crippen molar-refractivity contribution in [3.05, 3.63) is 65.5 Å². The summed E-state index contributed by atoms with van der Waals surface area (Å²) in [5.74, 6) is 0.848. The molecule has 1 aromatic heterocycles. The molecule has 0 spiro atoms. The standard InChI is InChI=1S/C24H21N3O6/c1-13(11-28)26-10-20(29)27-21(23(26)30)22(16-9-25-17-5-3-2-4-15(16)17)33-24(27)14-6-7-18-19(8-14)32-12-31-18/h2-9,13,24-25,28H,10-12H2,1H3/t13-,24-/m1/s1. The number of carbonyl (C=O) groups excluding carboxylic acids is 2. The summed E-state index contributed by atoms with van der Waals surface area (Å²) in [4.78, 5) is 32.9. The van der Waals surface area contributed by atoms with Crippen LogP contribution in [-0.4, -0.2) is 57.7 Å². The average Bonchev–Trinajstić information content (AvgIpc) is 3.56. The number of amides is 2.